The van der Waals surface area contributed by atoms with Gasteiger partial charge in [0.1, 0.15) is 0 Å². The SMILES string of the molecule is CCCCCCCCCCCSSc1n[nH]c(=S)s1. The maximum absolute atomic E-state index is 5.00. The van der Waals surface area contributed by atoms with Crippen LogP contribution in [-0.4, -0.2) is 16.0 Å². The molecule has 1 aromatic heterocycles. The zero-order valence-electron chi connectivity index (χ0n) is 11.7. The van der Waals surface area contributed by atoms with Gasteiger partial charge in [0.05, 0.1) is 0 Å². The van der Waals surface area contributed by atoms with Gasteiger partial charge in [-0.1, -0.05) is 80.4 Å². The zero-order chi connectivity index (χ0) is 13.8. The van der Waals surface area contributed by atoms with Crippen LogP contribution in [0.2, 0.25) is 0 Å². The lowest BCUT2D eigenvalue weighted by Gasteiger charge is -2.01. The quantitative estimate of drug-likeness (QED) is 0.269. The van der Waals surface area contributed by atoms with Crippen molar-refractivity contribution in [1.29, 1.82) is 0 Å². The molecule has 0 aliphatic carbocycles. The highest BCUT2D eigenvalue weighted by atomic mass is 33.1. The Morgan fingerprint density at radius 3 is 2.26 bits per heavy atom. The molecule has 0 aromatic carbocycles. The van der Waals surface area contributed by atoms with E-state index in [1.807, 2.05) is 10.8 Å². The summed E-state index contributed by atoms with van der Waals surface area (Å²) in [7, 11) is 3.64. The normalized spacial score (nSPS) is 11.0. The van der Waals surface area contributed by atoms with E-state index >= 15 is 0 Å². The molecule has 0 bridgehead atoms. The smallest absolute Gasteiger partial charge is 0.183 e. The number of H-pyrrole nitrogens is 1. The molecular formula is C13H24N2S4. The van der Waals surface area contributed by atoms with Crippen molar-refractivity contribution < 1.29 is 0 Å². The fourth-order valence-electron chi connectivity index (χ4n) is 1.82. The van der Waals surface area contributed by atoms with Gasteiger partial charge < -0.3 is 0 Å². The van der Waals surface area contributed by atoms with Crippen molar-refractivity contribution in [1.82, 2.24) is 10.2 Å². The van der Waals surface area contributed by atoms with Crippen molar-refractivity contribution in [3.8, 4) is 0 Å². The van der Waals surface area contributed by atoms with Gasteiger partial charge in [-0.15, -0.1) is 0 Å². The van der Waals surface area contributed by atoms with E-state index in [1.54, 1.807) is 22.1 Å². The fourth-order valence-corrected chi connectivity index (χ4v) is 5.33. The third kappa shape index (κ3) is 9.93. The summed E-state index contributed by atoms with van der Waals surface area (Å²) < 4.78 is 1.82. The maximum Gasteiger partial charge on any atom is 0.183 e. The van der Waals surface area contributed by atoms with Gasteiger partial charge in [-0.3, -0.25) is 5.10 Å². The molecule has 1 N–H and O–H groups in total. The molecule has 110 valence electrons. The summed E-state index contributed by atoms with van der Waals surface area (Å²) in [5, 5.41) is 6.94. The molecule has 0 spiro atoms. The lowest BCUT2D eigenvalue weighted by molar-refractivity contribution is 0.573. The van der Waals surface area contributed by atoms with E-state index in [0.717, 1.165) is 8.29 Å². The van der Waals surface area contributed by atoms with Gasteiger partial charge in [0.2, 0.25) is 0 Å². The molecule has 1 heterocycles. The summed E-state index contributed by atoms with van der Waals surface area (Å²) in [6.45, 7) is 2.27. The van der Waals surface area contributed by atoms with Gasteiger partial charge >= 0.3 is 0 Å². The highest BCUT2D eigenvalue weighted by molar-refractivity contribution is 8.77. The van der Waals surface area contributed by atoms with Crippen LogP contribution in [0.1, 0.15) is 64.7 Å². The molecule has 6 heteroatoms. The monoisotopic (exact) mass is 336 g/mol. The number of hydrogen-bond donors (Lipinski definition) is 1. The van der Waals surface area contributed by atoms with Crippen LogP contribution in [0.15, 0.2) is 4.34 Å². The summed E-state index contributed by atoms with van der Waals surface area (Å²) in [4.78, 5) is 0. The molecule has 1 rings (SSSR count). The van der Waals surface area contributed by atoms with E-state index in [0.29, 0.717) is 0 Å². The molecule has 1 aromatic rings. The largest absolute Gasteiger partial charge is 0.257 e. The maximum atomic E-state index is 5.00. The topological polar surface area (TPSA) is 28.7 Å². The summed E-state index contributed by atoms with van der Waals surface area (Å²) >= 11 is 6.56. The molecule has 0 saturated carbocycles. The lowest BCUT2D eigenvalue weighted by atomic mass is 10.1. The van der Waals surface area contributed by atoms with E-state index in [-0.39, 0.29) is 0 Å². The second-order valence-corrected chi connectivity index (χ2v) is 8.94. The summed E-state index contributed by atoms with van der Waals surface area (Å²) in [5.74, 6) is 1.22. The first kappa shape index (κ1) is 17.5. The summed E-state index contributed by atoms with van der Waals surface area (Å²) in [5.41, 5.74) is 0. The fraction of sp³-hybridized carbons (Fsp3) is 0.846. The number of unbranched alkanes of at least 4 members (excludes halogenated alkanes) is 8. The summed E-state index contributed by atoms with van der Waals surface area (Å²) in [6.07, 6.45) is 12.6. The molecule has 0 atom stereocenters. The second-order valence-electron chi connectivity index (χ2n) is 4.61. The molecule has 0 amide bonds. The third-order valence-electron chi connectivity index (χ3n) is 2.88. The number of rotatable bonds is 12. The van der Waals surface area contributed by atoms with E-state index in [4.69, 9.17) is 12.2 Å². The molecule has 0 unspecified atom stereocenters. The standard InChI is InChI=1S/C13H24N2S4/c1-2-3-4-5-6-7-8-9-10-11-17-19-13-15-14-12(16)18-13/h2-11H2,1H3,(H,14,16). The van der Waals surface area contributed by atoms with Crippen LogP contribution in [0.25, 0.3) is 0 Å². The average molecular weight is 337 g/mol. The molecular weight excluding hydrogens is 312 g/mol. The first-order valence-corrected chi connectivity index (χ1v) is 10.7. The Balaban J connectivity index is 1.80. The minimum absolute atomic E-state index is 0.770. The van der Waals surface area contributed by atoms with E-state index in [9.17, 15) is 0 Å². The van der Waals surface area contributed by atoms with Gasteiger partial charge in [-0.05, 0) is 29.4 Å². The van der Waals surface area contributed by atoms with Crippen LogP contribution in [0.5, 0.6) is 0 Å². The van der Waals surface area contributed by atoms with Crippen molar-refractivity contribution in [2.24, 2.45) is 0 Å². The number of hydrogen-bond acceptors (Lipinski definition) is 5. The Hall–Kier alpha value is 0.480. The van der Waals surface area contributed by atoms with Crippen LogP contribution < -0.4 is 0 Å². The minimum Gasteiger partial charge on any atom is -0.257 e. The Kier molecular flexibility index (Phi) is 11.3. The van der Waals surface area contributed by atoms with Crippen molar-refractivity contribution in [2.75, 3.05) is 5.75 Å². The highest BCUT2D eigenvalue weighted by Gasteiger charge is 1.99. The Morgan fingerprint density at radius 2 is 1.68 bits per heavy atom. The average Bonchev–Trinajstić information content (AvgIpc) is 2.82. The molecule has 0 fully saturated rings. The van der Waals surface area contributed by atoms with Gasteiger partial charge in [-0.2, -0.15) is 5.10 Å². The van der Waals surface area contributed by atoms with Gasteiger partial charge in [-0.25, -0.2) is 0 Å². The van der Waals surface area contributed by atoms with Gasteiger partial charge in [0.15, 0.2) is 8.29 Å². The third-order valence-corrected chi connectivity index (χ3v) is 6.71. The van der Waals surface area contributed by atoms with Crippen LogP contribution >= 0.6 is 45.1 Å². The van der Waals surface area contributed by atoms with Crippen LogP contribution in [0.4, 0.5) is 0 Å². The number of aromatic nitrogens is 2. The lowest BCUT2D eigenvalue weighted by Crippen LogP contribution is -1.82. The predicted octanol–water partition coefficient (Wildman–Crippen LogP) is 6.47. The van der Waals surface area contributed by atoms with Crippen molar-refractivity contribution in [3.05, 3.63) is 3.95 Å². The first-order valence-electron chi connectivity index (χ1n) is 7.18. The Morgan fingerprint density at radius 1 is 1.05 bits per heavy atom. The number of aromatic amines is 1. The van der Waals surface area contributed by atoms with Crippen LogP contribution in [0.3, 0.4) is 0 Å². The number of nitrogens with zero attached hydrogens (tertiary/aromatic N) is 1. The molecule has 19 heavy (non-hydrogen) atoms. The van der Waals surface area contributed by atoms with Crippen LogP contribution in [-0.2, 0) is 0 Å². The van der Waals surface area contributed by atoms with Gasteiger partial charge in [0, 0.05) is 5.75 Å². The number of nitrogens with one attached hydrogen (secondary N) is 1. The molecule has 0 radical (unpaired) electrons. The van der Waals surface area contributed by atoms with E-state index < -0.39 is 0 Å². The summed E-state index contributed by atoms with van der Waals surface area (Å²) in [6, 6.07) is 0. The van der Waals surface area contributed by atoms with Crippen molar-refractivity contribution in [2.45, 2.75) is 69.1 Å². The van der Waals surface area contributed by atoms with Crippen LogP contribution in [0, 0.1) is 3.95 Å². The minimum atomic E-state index is 0.770. The van der Waals surface area contributed by atoms with Crippen molar-refractivity contribution in [3.63, 3.8) is 0 Å². The zero-order valence-corrected chi connectivity index (χ0v) is 14.9. The van der Waals surface area contributed by atoms with E-state index in [2.05, 4.69) is 17.1 Å². The highest BCUT2D eigenvalue weighted by Crippen LogP contribution is 2.32. The van der Waals surface area contributed by atoms with Gasteiger partial charge in [0.25, 0.3) is 0 Å². The first-order chi connectivity index (χ1) is 9.33. The molecule has 0 aliphatic heterocycles. The van der Waals surface area contributed by atoms with Crippen molar-refractivity contribution >= 4 is 45.1 Å². The van der Waals surface area contributed by atoms with E-state index in [1.165, 1.54) is 63.5 Å². The predicted molar refractivity (Wildman–Crippen MR) is 92.8 cm³/mol. The Labute approximate surface area is 133 Å². The molecule has 0 aliphatic rings. The molecule has 0 saturated heterocycles. The second kappa shape index (κ2) is 12.2. The Bertz CT molecular complexity index is 362. The molecule has 2 nitrogen and oxygen atoms in total.